The largest absolute Gasteiger partial charge is 0.511 e. The molecule has 0 bridgehead atoms. The third-order valence-electron chi connectivity index (χ3n) is 9.00. The summed E-state index contributed by atoms with van der Waals surface area (Å²) in [7, 11) is 3.73. The van der Waals surface area contributed by atoms with Gasteiger partial charge < -0.3 is 14.6 Å². The van der Waals surface area contributed by atoms with E-state index in [4.69, 9.17) is 26.1 Å². The Morgan fingerprint density at radius 3 is 2.54 bits per heavy atom. The van der Waals surface area contributed by atoms with Crippen molar-refractivity contribution in [2.75, 3.05) is 27.2 Å². The molecule has 41 heavy (non-hydrogen) atoms. The van der Waals surface area contributed by atoms with Crippen LogP contribution in [0.3, 0.4) is 0 Å². The molecule has 8 nitrogen and oxygen atoms in total. The first-order valence-electron chi connectivity index (χ1n) is 14.0. The lowest BCUT2D eigenvalue weighted by molar-refractivity contribution is -0.887. The van der Waals surface area contributed by atoms with Gasteiger partial charge in [-0.25, -0.2) is 14.1 Å². The molecule has 9 heteroatoms. The summed E-state index contributed by atoms with van der Waals surface area (Å²) in [5.74, 6) is 1.13. The second-order valence-electron chi connectivity index (χ2n) is 11.3. The highest BCUT2D eigenvalue weighted by Crippen LogP contribution is 2.46. The van der Waals surface area contributed by atoms with Crippen LogP contribution in [-0.4, -0.2) is 64.8 Å². The van der Waals surface area contributed by atoms with Gasteiger partial charge in [-0.05, 0) is 50.1 Å². The van der Waals surface area contributed by atoms with Crippen LogP contribution in [0.4, 0.5) is 4.79 Å². The Kier molecular flexibility index (Phi) is 8.36. The summed E-state index contributed by atoms with van der Waals surface area (Å²) >= 11 is 6.58. The second-order valence-corrected chi connectivity index (χ2v) is 11.7. The zero-order valence-electron chi connectivity index (χ0n) is 24.0. The lowest BCUT2D eigenvalue weighted by Gasteiger charge is -2.47. The minimum Gasteiger partial charge on any atom is -0.496 e. The van der Waals surface area contributed by atoms with Crippen LogP contribution >= 0.6 is 11.6 Å². The Balaban J connectivity index is 1.44. The van der Waals surface area contributed by atoms with Gasteiger partial charge in [-0.2, -0.15) is 0 Å². The SMILES string of the molecule is COc1c(C)cnc(CN2CCC([N+](C)(C(=O)c3ccccc3Cl)[C@@H]3CCc4ccc(OC(=O)O)cc43)CC2)c1C. The number of ether oxygens (including phenoxy) is 2. The number of hydrogen-bond donors (Lipinski definition) is 1. The maximum absolute atomic E-state index is 14.5. The van der Waals surface area contributed by atoms with Crippen LogP contribution in [-0.2, 0) is 13.0 Å². The summed E-state index contributed by atoms with van der Waals surface area (Å²) in [5, 5.41) is 9.63. The van der Waals surface area contributed by atoms with Crippen LogP contribution in [0.15, 0.2) is 48.7 Å². The molecule has 0 saturated carbocycles. The number of amides is 1. The molecule has 1 aliphatic carbocycles. The number of quaternary nitrogens is 1. The van der Waals surface area contributed by atoms with Gasteiger partial charge in [0.25, 0.3) is 0 Å². The topological polar surface area (TPSA) is 89.0 Å². The van der Waals surface area contributed by atoms with Crippen LogP contribution in [0.2, 0.25) is 5.02 Å². The van der Waals surface area contributed by atoms with Crippen LogP contribution < -0.4 is 9.47 Å². The van der Waals surface area contributed by atoms with E-state index in [0.717, 1.165) is 79.0 Å². The van der Waals surface area contributed by atoms with Gasteiger partial charge in [0.15, 0.2) is 0 Å². The molecule has 1 aromatic heterocycles. The Bertz CT molecular complexity index is 1470. The molecule has 5 rings (SSSR count). The second kappa shape index (κ2) is 11.8. The molecule has 3 aromatic rings. The number of aromatic nitrogens is 1. The monoisotopic (exact) mass is 578 g/mol. The van der Waals surface area contributed by atoms with Gasteiger partial charge in [-0.15, -0.1) is 0 Å². The molecular formula is C32H37ClN3O5+. The van der Waals surface area contributed by atoms with Gasteiger partial charge in [0.2, 0.25) is 0 Å². The van der Waals surface area contributed by atoms with E-state index in [0.29, 0.717) is 10.6 Å². The lowest BCUT2D eigenvalue weighted by atomic mass is 9.93. The van der Waals surface area contributed by atoms with Crippen LogP contribution in [0.1, 0.15) is 63.6 Å². The third-order valence-corrected chi connectivity index (χ3v) is 9.33. The van der Waals surface area contributed by atoms with Crippen LogP contribution in [0.5, 0.6) is 11.5 Å². The molecule has 1 fully saturated rings. The minimum atomic E-state index is -1.35. The van der Waals surface area contributed by atoms with Gasteiger partial charge in [0, 0.05) is 61.8 Å². The van der Waals surface area contributed by atoms with Crippen molar-refractivity contribution in [3.05, 3.63) is 87.2 Å². The van der Waals surface area contributed by atoms with Crippen LogP contribution in [0.25, 0.3) is 0 Å². The molecule has 0 radical (unpaired) electrons. The first-order valence-corrected chi connectivity index (χ1v) is 14.4. The average molecular weight is 579 g/mol. The molecule has 1 aliphatic heterocycles. The lowest BCUT2D eigenvalue weighted by Crippen LogP contribution is -2.60. The van der Waals surface area contributed by atoms with Crippen molar-refractivity contribution >= 4 is 23.7 Å². The smallest absolute Gasteiger partial charge is 0.496 e. The van der Waals surface area contributed by atoms with E-state index in [1.54, 1.807) is 31.4 Å². The van der Waals surface area contributed by atoms with Crippen molar-refractivity contribution in [1.29, 1.82) is 0 Å². The zero-order valence-corrected chi connectivity index (χ0v) is 24.8. The van der Waals surface area contributed by atoms with Crippen molar-refractivity contribution in [3.63, 3.8) is 0 Å². The van der Waals surface area contributed by atoms with Crippen molar-refractivity contribution in [2.24, 2.45) is 0 Å². The summed E-state index contributed by atoms with van der Waals surface area (Å²) in [6.07, 6.45) is 3.76. The van der Waals surface area contributed by atoms with Crippen LogP contribution in [0, 0.1) is 13.8 Å². The number of piperidine rings is 1. The highest BCUT2D eigenvalue weighted by molar-refractivity contribution is 6.33. The number of rotatable bonds is 7. The number of fused-ring (bicyclic) bond motifs is 1. The number of aryl methyl sites for hydroxylation is 2. The number of methoxy groups -OCH3 is 1. The summed E-state index contributed by atoms with van der Waals surface area (Å²) in [6.45, 7) is 6.43. The number of halogens is 1. The third kappa shape index (κ3) is 5.56. The van der Waals surface area contributed by atoms with E-state index >= 15 is 0 Å². The summed E-state index contributed by atoms with van der Waals surface area (Å²) in [6, 6.07) is 12.5. The van der Waals surface area contributed by atoms with Gasteiger partial charge in [-0.3, -0.25) is 9.88 Å². The molecular weight excluding hydrogens is 542 g/mol. The normalized spacial score (nSPS) is 18.9. The maximum atomic E-state index is 14.5. The molecule has 2 aliphatic rings. The van der Waals surface area contributed by atoms with Gasteiger partial charge in [0.1, 0.15) is 17.5 Å². The molecule has 2 atom stereocenters. The molecule has 216 valence electrons. The number of carbonyl (C=O) groups is 2. The standard InChI is InChI=1S/C32H36ClN3O5/c1-20-18-34-28(21(2)30(20)40-4)19-35-15-13-23(14-16-35)36(3,31(37)25-7-5-6-8-27(25)33)29-12-10-22-9-11-24(17-26(22)29)41-32(38)39/h5-9,11,17-18,23,29H,10,12-16,19H2,1-4H3/p+1/t29-,36?/m1/s1. The number of benzene rings is 2. The highest BCUT2D eigenvalue weighted by atomic mass is 35.5. The summed E-state index contributed by atoms with van der Waals surface area (Å²) in [4.78, 5) is 32.8. The fourth-order valence-electron chi connectivity index (χ4n) is 6.79. The highest BCUT2D eigenvalue weighted by Gasteiger charge is 2.51. The summed E-state index contributed by atoms with van der Waals surface area (Å²) in [5.41, 5.74) is 5.69. The number of carboxylic acid groups (broad SMARTS) is 1. The maximum Gasteiger partial charge on any atom is 0.511 e. The molecule has 2 heterocycles. The molecule has 2 aromatic carbocycles. The van der Waals surface area contributed by atoms with E-state index in [-0.39, 0.29) is 28.2 Å². The molecule has 1 amide bonds. The first-order chi connectivity index (χ1) is 19.6. The van der Waals surface area contributed by atoms with Crippen molar-refractivity contribution < 1.29 is 28.7 Å². The molecule has 1 unspecified atom stereocenters. The number of carbonyl (C=O) groups excluding carboxylic acids is 1. The predicted octanol–water partition coefficient (Wildman–Crippen LogP) is 6.36. The van der Waals surface area contributed by atoms with Gasteiger partial charge >= 0.3 is 12.1 Å². The Morgan fingerprint density at radius 1 is 1.12 bits per heavy atom. The quantitative estimate of drug-likeness (QED) is 0.198. The van der Waals surface area contributed by atoms with E-state index in [2.05, 4.69) is 11.8 Å². The molecule has 1 saturated heterocycles. The van der Waals surface area contributed by atoms with E-state index < -0.39 is 6.16 Å². The Hall–Kier alpha value is -3.46. The molecule has 0 spiro atoms. The summed E-state index contributed by atoms with van der Waals surface area (Å²) < 4.78 is 10.8. The number of hydrogen-bond acceptors (Lipinski definition) is 6. The first kappa shape index (κ1) is 29.0. The fourth-order valence-corrected chi connectivity index (χ4v) is 7.01. The van der Waals surface area contributed by atoms with Crippen molar-refractivity contribution in [2.45, 2.75) is 58.2 Å². The van der Waals surface area contributed by atoms with E-state index in [1.807, 2.05) is 38.4 Å². The zero-order chi connectivity index (χ0) is 29.3. The number of nitrogens with zero attached hydrogens (tertiary/aromatic N) is 3. The molecule has 1 N–H and O–H groups in total. The number of likely N-dealkylation sites (tertiary alicyclic amines) is 1. The van der Waals surface area contributed by atoms with Crippen molar-refractivity contribution in [1.82, 2.24) is 9.88 Å². The Labute approximate surface area is 246 Å². The predicted molar refractivity (Wildman–Crippen MR) is 157 cm³/mol. The van der Waals surface area contributed by atoms with E-state index in [9.17, 15) is 14.7 Å². The van der Waals surface area contributed by atoms with Gasteiger partial charge in [0.05, 0.1) is 36.5 Å². The average Bonchev–Trinajstić information content (AvgIpc) is 3.38. The number of pyridine rings is 1. The van der Waals surface area contributed by atoms with Crippen molar-refractivity contribution in [3.8, 4) is 11.5 Å². The van der Waals surface area contributed by atoms with Gasteiger partial charge in [-0.1, -0.05) is 29.8 Å². The fraction of sp³-hybridized carbons (Fsp3) is 0.406. The van der Waals surface area contributed by atoms with E-state index in [1.165, 1.54) is 0 Å². The Morgan fingerprint density at radius 2 is 1.85 bits per heavy atom. The minimum absolute atomic E-state index is 0.0164.